The van der Waals surface area contributed by atoms with Crippen LogP contribution in [-0.2, 0) is 4.74 Å². The Hall–Kier alpha value is -1.51. The van der Waals surface area contributed by atoms with Gasteiger partial charge in [-0.25, -0.2) is 5.01 Å². The molecular weight excluding hydrogens is 246 g/mol. The van der Waals surface area contributed by atoms with Crippen LogP contribution < -0.4 is 5.43 Å². The summed E-state index contributed by atoms with van der Waals surface area (Å²) < 4.78 is 5.14. The molecule has 1 fully saturated rings. The van der Waals surface area contributed by atoms with Crippen molar-refractivity contribution < 1.29 is 14.5 Å². The summed E-state index contributed by atoms with van der Waals surface area (Å²) in [5.41, 5.74) is 2.69. The van der Waals surface area contributed by atoms with Crippen LogP contribution >= 0.6 is 11.3 Å². The van der Waals surface area contributed by atoms with Crippen molar-refractivity contribution in [1.29, 1.82) is 0 Å². The van der Waals surface area contributed by atoms with Crippen molar-refractivity contribution in [1.82, 2.24) is 10.4 Å². The number of hydrazine groups is 1. The van der Waals surface area contributed by atoms with Gasteiger partial charge in [0.05, 0.1) is 18.1 Å². The third kappa shape index (κ3) is 2.99. The average Bonchev–Trinajstić information content (AvgIpc) is 2.79. The molecule has 0 radical (unpaired) electrons. The molecule has 0 atom stereocenters. The monoisotopic (exact) mass is 257 g/mol. The lowest BCUT2D eigenvalue weighted by Crippen LogP contribution is -2.48. The normalized spacial score (nSPS) is 16.7. The Labute approximate surface area is 101 Å². The van der Waals surface area contributed by atoms with E-state index in [0.29, 0.717) is 31.2 Å². The molecule has 1 N–H and O–H groups in total. The van der Waals surface area contributed by atoms with Gasteiger partial charge in [0.1, 0.15) is 4.88 Å². The number of carbonyl (C=O) groups is 1. The molecule has 0 unspecified atom stereocenters. The van der Waals surface area contributed by atoms with E-state index in [1.807, 2.05) is 0 Å². The first-order valence-electron chi connectivity index (χ1n) is 5.05. The summed E-state index contributed by atoms with van der Waals surface area (Å²) >= 11 is 0.869. The number of hydrogen-bond donors (Lipinski definition) is 1. The van der Waals surface area contributed by atoms with E-state index in [-0.39, 0.29) is 10.9 Å². The lowest BCUT2D eigenvalue weighted by atomic mass is 10.4. The van der Waals surface area contributed by atoms with Crippen molar-refractivity contribution >= 4 is 22.2 Å². The summed E-state index contributed by atoms with van der Waals surface area (Å²) in [6.07, 6.45) is 0. The summed E-state index contributed by atoms with van der Waals surface area (Å²) in [6, 6.07) is 2.79. The molecule has 0 aliphatic carbocycles. The largest absolute Gasteiger partial charge is 0.379 e. The molecule has 8 heteroatoms. The minimum absolute atomic E-state index is 0.0304. The molecule has 1 saturated heterocycles. The quantitative estimate of drug-likeness (QED) is 0.634. The molecule has 0 saturated carbocycles. The average molecular weight is 257 g/mol. The van der Waals surface area contributed by atoms with Gasteiger partial charge in [-0.15, -0.1) is 0 Å². The molecule has 92 valence electrons. The fourth-order valence-corrected chi connectivity index (χ4v) is 2.13. The minimum Gasteiger partial charge on any atom is -0.379 e. The fourth-order valence-electron chi connectivity index (χ4n) is 1.42. The topological polar surface area (TPSA) is 84.7 Å². The van der Waals surface area contributed by atoms with E-state index in [9.17, 15) is 14.9 Å². The molecule has 7 nitrogen and oxygen atoms in total. The van der Waals surface area contributed by atoms with Gasteiger partial charge in [-0.2, -0.15) is 0 Å². The predicted molar refractivity (Wildman–Crippen MR) is 60.8 cm³/mol. The van der Waals surface area contributed by atoms with Gasteiger partial charge in [-0.05, 0) is 6.07 Å². The number of nitro groups is 1. The summed E-state index contributed by atoms with van der Waals surface area (Å²) in [5.74, 6) is -0.315. The number of nitrogens with one attached hydrogen (secondary N) is 1. The van der Waals surface area contributed by atoms with Crippen molar-refractivity contribution in [2.24, 2.45) is 0 Å². The second kappa shape index (κ2) is 5.21. The van der Waals surface area contributed by atoms with Crippen LogP contribution in [0.15, 0.2) is 12.1 Å². The minimum atomic E-state index is -0.504. The number of carbonyl (C=O) groups excluding carboxylic acids is 1. The number of amides is 1. The number of thiophene rings is 1. The maximum atomic E-state index is 11.7. The molecular formula is C9H11N3O4S. The number of rotatable bonds is 3. The van der Waals surface area contributed by atoms with Crippen LogP contribution in [0.5, 0.6) is 0 Å². The van der Waals surface area contributed by atoms with Gasteiger partial charge in [0, 0.05) is 19.2 Å². The first-order chi connectivity index (χ1) is 8.16. The van der Waals surface area contributed by atoms with Gasteiger partial charge in [0.2, 0.25) is 0 Å². The van der Waals surface area contributed by atoms with Crippen molar-refractivity contribution in [3.8, 4) is 0 Å². The summed E-state index contributed by atoms with van der Waals surface area (Å²) in [4.78, 5) is 22.1. The van der Waals surface area contributed by atoms with Crippen LogP contribution in [0.1, 0.15) is 9.67 Å². The fraction of sp³-hybridized carbons (Fsp3) is 0.444. The maximum Gasteiger partial charge on any atom is 0.324 e. The predicted octanol–water partition coefficient (Wildman–Crippen LogP) is 0.633. The molecule has 0 bridgehead atoms. The highest BCUT2D eigenvalue weighted by Crippen LogP contribution is 2.23. The van der Waals surface area contributed by atoms with E-state index in [1.165, 1.54) is 12.1 Å². The molecule has 1 aromatic heterocycles. The molecule has 0 spiro atoms. The summed E-state index contributed by atoms with van der Waals surface area (Å²) in [7, 11) is 0. The van der Waals surface area contributed by atoms with Crippen molar-refractivity contribution in [2.45, 2.75) is 0 Å². The second-order valence-electron chi connectivity index (χ2n) is 3.44. The Bertz CT molecular complexity index is 428. The third-order valence-electron chi connectivity index (χ3n) is 2.27. The van der Waals surface area contributed by atoms with Gasteiger partial charge in [0.15, 0.2) is 0 Å². The lowest BCUT2D eigenvalue weighted by molar-refractivity contribution is -0.380. The zero-order valence-electron chi connectivity index (χ0n) is 8.92. The smallest absolute Gasteiger partial charge is 0.324 e. The van der Waals surface area contributed by atoms with E-state index in [2.05, 4.69) is 5.43 Å². The number of nitrogens with zero attached hydrogens (tertiary/aromatic N) is 2. The van der Waals surface area contributed by atoms with Crippen LogP contribution in [0.25, 0.3) is 0 Å². The first kappa shape index (κ1) is 12.0. The van der Waals surface area contributed by atoms with Crippen molar-refractivity contribution in [3.05, 3.63) is 27.1 Å². The molecule has 1 aliphatic heterocycles. The van der Waals surface area contributed by atoms with Gasteiger partial charge >= 0.3 is 5.00 Å². The van der Waals surface area contributed by atoms with Crippen LogP contribution in [-0.4, -0.2) is 42.1 Å². The SMILES string of the molecule is O=C(NN1CCOCC1)c1ccc([N+](=O)[O-])s1. The highest BCUT2D eigenvalue weighted by molar-refractivity contribution is 7.17. The van der Waals surface area contributed by atoms with Crippen molar-refractivity contribution in [3.63, 3.8) is 0 Å². The Kier molecular flexibility index (Phi) is 3.67. The molecule has 0 aromatic carbocycles. The summed E-state index contributed by atoms with van der Waals surface area (Å²) in [6.45, 7) is 2.40. The number of hydrogen-bond acceptors (Lipinski definition) is 6. The highest BCUT2D eigenvalue weighted by Gasteiger charge is 2.18. The summed E-state index contributed by atoms with van der Waals surface area (Å²) in [5, 5.41) is 12.2. The number of ether oxygens (including phenoxy) is 1. The van der Waals surface area contributed by atoms with Gasteiger partial charge in [-0.3, -0.25) is 20.3 Å². The highest BCUT2D eigenvalue weighted by atomic mass is 32.1. The van der Waals surface area contributed by atoms with E-state index < -0.39 is 4.92 Å². The second-order valence-corrected chi connectivity index (χ2v) is 4.50. The van der Waals surface area contributed by atoms with Gasteiger partial charge in [-0.1, -0.05) is 11.3 Å². The first-order valence-corrected chi connectivity index (χ1v) is 5.86. The molecule has 2 rings (SSSR count). The van der Waals surface area contributed by atoms with Gasteiger partial charge < -0.3 is 4.74 Å². The van der Waals surface area contributed by atoms with Crippen LogP contribution in [0.2, 0.25) is 0 Å². The van der Waals surface area contributed by atoms with Crippen LogP contribution in [0.4, 0.5) is 5.00 Å². The lowest BCUT2D eigenvalue weighted by Gasteiger charge is -2.26. The zero-order chi connectivity index (χ0) is 12.3. The molecule has 2 heterocycles. The van der Waals surface area contributed by atoms with E-state index in [0.717, 1.165) is 11.3 Å². The Morgan fingerprint density at radius 1 is 1.47 bits per heavy atom. The van der Waals surface area contributed by atoms with E-state index >= 15 is 0 Å². The third-order valence-corrected chi connectivity index (χ3v) is 3.30. The Balaban J connectivity index is 1.96. The van der Waals surface area contributed by atoms with Crippen LogP contribution in [0.3, 0.4) is 0 Å². The van der Waals surface area contributed by atoms with E-state index in [1.54, 1.807) is 5.01 Å². The molecule has 17 heavy (non-hydrogen) atoms. The van der Waals surface area contributed by atoms with Gasteiger partial charge in [0.25, 0.3) is 5.91 Å². The molecule has 1 aromatic rings. The standard InChI is InChI=1S/C9H11N3O4S/c13-9(10-11-3-5-16-6-4-11)7-1-2-8(17-7)12(14)15/h1-2H,3-6H2,(H,10,13). The Morgan fingerprint density at radius 2 is 2.18 bits per heavy atom. The van der Waals surface area contributed by atoms with Crippen molar-refractivity contribution in [2.75, 3.05) is 26.3 Å². The van der Waals surface area contributed by atoms with Crippen LogP contribution in [0, 0.1) is 10.1 Å². The Morgan fingerprint density at radius 3 is 2.76 bits per heavy atom. The van der Waals surface area contributed by atoms with E-state index in [4.69, 9.17) is 4.74 Å². The maximum absolute atomic E-state index is 11.7. The molecule has 1 amide bonds. The molecule has 1 aliphatic rings. The zero-order valence-corrected chi connectivity index (χ0v) is 9.74. The number of morpholine rings is 1.